The Morgan fingerprint density at radius 1 is 1.50 bits per heavy atom. The summed E-state index contributed by atoms with van der Waals surface area (Å²) in [5.41, 5.74) is 6.25. The molecule has 4 N–H and O–H groups in total. The second-order valence-electron chi connectivity index (χ2n) is 4.17. The SMILES string of the molecule is CCn1ncc(N)c1C(=O)NCC(=O)NC(C)C. The van der Waals surface area contributed by atoms with E-state index in [0.717, 1.165) is 0 Å². The molecule has 1 aromatic heterocycles. The smallest absolute Gasteiger partial charge is 0.272 e. The van der Waals surface area contributed by atoms with Gasteiger partial charge in [-0.2, -0.15) is 5.10 Å². The van der Waals surface area contributed by atoms with Gasteiger partial charge in [-0.3, -0.25) is 14.3 Å². The zero-order valence-corrected chi connectivity index (χ0v) is 10.9. The third kappa shape index (κ3) is 3.47. The van der Waals surface area contributed by atoms with Crippen LogP contribution < -0.4 is 16.4 Å². The van der Waals surface area contributed by atoms with Gasteiger partial charge in [0.05, 0.1) is 18.4 Å². The first-order valence-electron chi connectivity index (χ1n) is 5.84. The van der Waals surface area contributed by atoms with E-state index in [-0.39, 0.29) is 24.2 Å². The van der Waals surface area contributed by atoms with Gasteiger partial charge in [-0.05, 0) is 20.8 Å². The summed E-state index contributed by atoms with van der Waals surface area (Å²) in [6, 6.07) is 0.0423. The number of amides is 2. The van der Waals surface area contributed by atoms with Gasteiger partial charge in [0.1, 0.15) is 5.69 Å². The second kappa shape index (κ2) is 6.04. The van der Waals surface area contributed by atoms with E-state index in [1.165, 1.54) is 10.9 Å². The van der Waals surface area contributed by atoms with Crippen LogP contribution in [0.1, 0.15) is 31.3 Å². The molecule has 1 heterocycles. The number of hydrogen-bond acceptors (Lipinski definition) is 4. The largest absolute Gasteiger partial charge is 0.396 e. The minimum absolute atomic E-state index is 0.0423. The summed E-state index contributed by atoms with van der Waals surface area (Å²) in [5, 5.41) is 9.15. The minimum atomic E-state index is -0.397. The van der Waals surface area contributed by atoms with Crippen molar-refractivity contribution in [1.29, 1.82) is 0 Å². The number of nitrogen functional groups attached to an aromatic ring is 1. The number of carbonyl (C=O) groups is 2. The molecular weight excluding hydrogens is 234 g/mol. The zero-order valence-electron chi connectivity index (χ0n) is 10.9. The quantitative estimate of drug-likeness (QED) is 0.672. The summed E-state index contributed by atoms with van der Waals surface area (Å²) in [5.74, 6) is -0.634. The van der Waals surface area contributed by atoms with Gasteiger partial charge in [0.15, 0.2) is 0 Å². The highest BCUT2D eigenvalue weighted by molar-refractivity contribution is 5.99. The number of hydrogen-bond donors (Lipinski definition) is 3. The molecule has 0 aliphatic rings. The first-order chi connectivity index (χ1) is 8.45. The van der Waals surface area contributed by atoms with E-state index in [2.05, 4.69) is 15.7 Å². The highest BCUT2D eigenvalue weighted by Gasteiger charge is 2.16. The van der Waals surface area contributed by atoms with Crippen molar-refractivity contribution in [3.63, 3.8) is 0 Å². The average molecular weight is 253 g/mol. The lowest BCUT2D eigenvalue weighted by Gasteiger charge is -2.10. The zero-order chi connectivity index (χ0) is 13.7. The van der Waals surface area contributed by atoms with Crippen LogP contribution in [0.5, 0.6) is 0 Å². The number of carbonyl (C=O) groups excluding carboxylic acids is 2. The maximum absolute atomic E-state index is 11.9. The second-order valence-corrected chi connectivity index (χ2v) is 4.17. The van der Waals surface area contributed by atoms with Gasteiger partial charge >= 0.3 is 0 Å². The first-order valence-corrected chi connectivity index (χ1v) is 5.84. The standard InChI is InChI=1S/C11H19N5O2/c1-4-16-10(8(12)5-14-16)11(18)13-6-9(17)15-7(2)3/h5,7H,4,6,12H2,1-3H3,(H,13,18)(H,15,17). The molecule has 0 aliphatic carbocycles. The van der Waals surface area contributed by atoms with Crippen molar-refractivity contribution in [2.24, 2.45) is 0 Å². The molecule has 18 heavy (non-hydrogen) atoms. The molecule has 1 rings (SSSR count). The molecule has 0 radical (unpaired) electrons. The molecule has 1 aromatic rings. The molecule has 7 nitrogen and oxygen atoms in total. The van der Waals surface area contributed by atoms with Crippen molar-refractivity contribution >= 4 is 17.5 Å². The third-order valence-electron chi connectivity index (χ3n) is 2.24. The summed E-state index contributed by atoms with van der Waals surface area (Å²) in [4.78, 5) is 23.3. The van der Waals surface area contributed by atoms with E-state index >= 15 is 0 Å². The molecule has 0 saturated carbocycles. The number of aryl methyl sites for hydroxylation is 1. The Labute approximate surface area is 106 Å². The Morgan fingerprint density at radius 2 is 2.17 bits per heavy atom. The summed E-state index contributed by atoms with van der Waals surface area (Å²) in [6.07, 6.45) is 1.42. The van der Waals surface area contributed by atoms with Crippen LogP contribution in [0.2, 0.25) is 0 Å². The molecule has 0 bridgehead atoms. The Bertz CT molecular complexity index is 439. The fourth-order valence-corrected chi connectivity index (χ4v) is 1.51. The lowest BCUT2D eigenvalue weighted by Crippen LogP contribution is -2.40. The van der Waals surface area contributed by atoms with Gasteiger partial charge in [-0.1, -0.05) is 0 Å². The molecule has 100 valence electrons. The Kier molecular flexibility index (Phi) is 4.70. The summed E-state index contributed by atoms with van der Waals surface area (Å²) >= 11 is 0. The number of nitrogens with one attached hydrogen (secondary N) is 2. The Balaban J connectivity index is 2.60. The van der Waals surface area contributed by atoms with Crippen LogP contribution in [-0.2, 0) is 11.3 Å². The fraction of sp³-hybridized carbons (Fsp3) is 0.545. The van der Waals surface area contributed by atoms with Gasteiger partial charge in [0.2, 0.25) is 5.91 Å². The van der Waals surface area contributed by atoms with Gasteiger partial charge in [0.25, 0.3) is 5.91 Å². The molecule has 0 aromatic carbocycles. The summed E-state index contributed by atoms with van der Waals surface area (Å²) < 4.78 is 1.49. The van der Waals surface area contributed by atoms with Crippen LogP contribution in [0, 0.1) is 0 Å². The van der Waals surface area contributed by atoms with Crippen LogP contribution in [-0.4, -0.2) is 34.2 Å². The van der Waals surface area contributed by atoms with Crippen molar-refractivity contribution < 1.29 is 9.59 Å². The summed E-state index contributed by atoms with van der Waals surface area (Å²) in [7, 11) is 0. The lowest BCUT2D eigenvalue weighted by atomic mass is 10.3. The van der Waals surface area contributed by atoms with Gasteiger partial charge in [-0.15, -0.1) is 0 Å². The normalized spacial score (nSPS) is 10.4. The van der Waals surface area contributed by atoms with Crippen LogP contribution in [0.15, 0.2) is 6.20 Å². The predicted molar refractivity (Wildman–Crippen MR) is 67.9 cm³/mol. The van der Waals surface area contributed by atoms with Crippen LogP contribution >= 0.6 is 0 Å². The van der Waals surface area contributed by atoms with Gasteiger partial charge < -0.3 is 16.4 Å². The number of aromatic nitrogens is 2. The van der Waals surface area contributed by atoms with Crippen molar-refractivity contribution in [2.45, 2.75) is 33.4 Å². The number of rotatable bonds is 5. The van der Waals surface area contributed by atoms with Gasteiger partial charge in [-0.25, -0.2) is 0 Å². The van der Waals surface area contributed by atoms with Crippen LogP contribution in [0.3, 0.4) is 0 Å². The monoisotopic (exact) mass is 253 g/mol. The fourth-order valence-electron chi connectivity index (χ4n) is 1.51. The molecule has 0 saturated heterocycles. The topological polar surface area (TPSA) is 102 Å². The maximum Gasteiger partial charge on any atom is 0.272 e. The van der Waals surface area contributed by atoms with Crippen molar-refractivity contribution in [1.82, 2.24) is 20.4 Å². The van der Waals surface area contributed by atoms with E-state index in [1.54, 1.807) is 0 Å². The lowest BCUT2D eigenvalue weighted by molar-refractivity contribution is -0.120. The molecule has 0 spiro atoms. The number of anilines is 1. The van der Waals surface area contributed by atoms with E-state index < -0.39 is 5.91 Å². The molecule has 7 heteroatoms. The molecule has 2 amide bonds. The van der Waals surface area contributed by atoms with Crippen molar-refractivity contribution in [3.8, 4) is 0 Å². The van der Waals surface area contributed by atoms with Gasteiger partial charge in [0, 0.05) is 12.6 Å². The highest BCUT2D eigenvalue weighted by Crippen LogP contribution is 2.09. The van der Waals surface area contributed by atoms with Crippen molar-refractivity contribution in [3.05, 3.63) is 11.9 Å². The predicted octanol–water partition coefficient (Wildman–Crippen LogP) is -0.260. The van der Waals surface area contributed by atoms with E-state index in [1.807, 2.05) is 20.8 Å². The Morgan fingerprint density at radius 3 is 2.72 bits per heavy atom. The molecule has 0 atom stereocenters. The maximum atomic E-state index is 11.9. The molecule has 0 fully saturated rings. The number of nitrogens with two attached hydrogens (primary N) is 1. The van der Waals surface area contributed by atoms with E-state index in [9.17, 15) is 9.59 Å². The Hall–Kier alpha value is -2.05. The average Bonchev–Trinajstić information content (AvgIpc) is 2.66. The van der Waals surface area contributed by atoms with E-state index in [0.29, 0.717) is 12.2 Å². The molecular formula is C11H19N5O2. The van der Waals surface area contributed by atoms with Crippen LogP contribution in [0.4, 0.5) is 5.69 Å². The third-order valence-corrected chi connectivity index (χ3v) is 2.24. The molecule has 0 aliphatic heterocycles. The highest BCUT2D eigenvalue weighted by atomic mass is 16.2. The molecule has 0 unspecified atom stereocenters. The first kappa shape index (κ1) is 14.0. The minimum Gasteiger partial charge on any atom is -0.396 e. The van der Waals surface area contributed by atoms with Crippen molar-refractivity contribution in [2.75, 3.05) is 12.3 Å². The van der Waals surface area contributed by atoms with E-state index in [4.69, 9.17) is 5.73 Å². The van der Waals surface area contributed by atoms with Crippen LogP contribution in [0.25, 0.3) is 0 Å². The number of nitrogens with zero attached hydrogens (tertiary/aromatic N) is 2. The summed E-state index contributed by atoms with van der Waals surface area (Å²) in [6.45, 7) is 6.02.